The lowest BCUT2D eigenvalue weighted by Gasteiger charge is -2.37. The van der Waals surface area contributed by atoms with Crippen LogP contribution in [0.25, 0.3) is 0 Å². The van der Waals surface area contributed by atoms with Crippen LogP contribution in [0.1, 0.15) is 32.6 Å². The van der Waals surface area contributed by atoms with E-state index in [1.54, 1.807) is 0 Å². The van der Waals surface area contributed by atoms with E-state index in [9.17, 15) is 5.11 Å². The molecule has 1 unspecified atom stereocenters. The van der Waals surface area contributed by atoms with E-state index in [1.165, 1.54) is 0 Å². The van der Waals surface area contributed by atoms with Gasteiger partial charge in [-0.25, -0.2) is 0 Å². The predicted octanol–water partition coefficient (Wildman–Crippen LogP) is 1.05. The summed E-state index contributed by atoms with van der Waals surface area (Å²) in [6.07, 6.45) is 3.41. The molecule has 2 rings (SSSR count). The summed E-state index contributed by atoms with van der Waals surface area (Å²) < 4.78 is 11.2. The van der Waals surface area contributed by atoms with E-state index in [2.05, 4.69) is 0 Å². The SMILES string of the molecule is CC1CC[C@]2(OCCC[C@H]2O)O1. The Bertz CT molecular complexity index is 167. The summed E-state index contributed by atoms with van der Waals surface area (Å²) >= 11 is 0. The number of aliphatic hydroxyl groups is 1. The van der Waals surface area contributed by atoms with Crippen LogP contribution in [0.3, 0.4) is 0 Å². The van der Waals surface area contributed by atoms with Gasteiger partial charge in [-0.1, -0.05) is 0 Å². The van der Waals surface area contributed by atoms with E-state index < -0.39 is 11.9 Å². The molecule has 3 heteroatoms. The van der Waals surface area contributed by atoms with Crippen molar-refractivity contribution >= 4 is 0 Å². The molecule has 2 saturated heterocycles. The molecule has 0 amide bonds. The van der Waals surface area contributed by atoms with Crippen molar-refractivity contribution in [3.63, 3.8) is 0 Å². The summed E-state index contributed by atoms with van der Waals surface area (Å²) in [5.74, 6) is -0.641. The predicted molar refractivity (Wildman–Crippen MR) is 43.7 cm³/mol. The average Bonchev–Trinajstić information content (AvgIpc) is 2.41. The molecule has 2 aliphatic heterocycles. The third kappa shape index (κ3) is 1.26. The maximum absolute atomic E-state index is 9.73. The third-order valence-corrected chi connectivity index (χ3v) is 2.78. The Kier molecular flexibility index (Phi) is 2.10. The zero-order chi connectivity index (χ0) is 8.60. The molecule has 0 aromatic carbocycles. The highest BCUT2D eigenvalue weighted by molar-refractivity contribution is 4.88. The Morgan fingerprint density at radius 3 is 2.83 bits per heavy atom. The highest BCUT2D eigenvalue weighted by Crippen LogP contribution is 2.38. The molecule has 70 valence electrons. The van der Waals surface area contributed by atoms with Gasteiger partial charge in [-0.15, -0.1) is 0 Å². The van der Waals surface area contributed by atoms with E-state index in [-0.39, 0.29) is 6.10 Å². The minimum absolute atomic E-state index is 0.234. The molecule has 0 bridgehead atoms. The Hall–Kier alpha value is -0.120. The fourth-order valence-corrected chi connectivity index (χ4v) is 2.05. The summed E-state index contributed by atoms with van der Waals surface area (Å²) in [7, 11) is 0. The fourth-order valence-electron chi connectivity index (χ4n) is 2.05. The Labute approximate surface area is 72.7 Å². The van der Waals surface area contributed by atoms with Crippen LogP contribution in [-0.4, -0.2) is 29.7 Å². The molecule has 2 heterocycles. The van der Waals surface area contributed by atoms with Crippen molar-refractivity contribution in [1.29, 1.82) is 0 Å². The molecule has 3 nitrogen and oxygen atoms in total. The van der Waals surface area contributed by atoms with Crippen molar-refractivity contribution < 1.29 is 14.6 Å². The van der Waals surface area contributed by atoms with Crippen molar-refractivity contribution in [3.8, 4) is 0 Å². The fraction of sp³-hybridized carbons (Fsp3) is 1.00. The van der Waals surface area contributed by atoms with E-state index in [1.807, 2.05) is 6.92 Å². The van der Waals surface area contributed by atoms with Crippen molar-refractivity contribution in [1.82, 2.24) is 0 Å². The summed E-state index contributed by atoms with van der Waals surface area (Å²) in [6.45, 7) is 2.75. The van der Waals surface area contributed by atoms with Crippen LogP contribution in [0.15, 0.2) is 0 Å². The topological polar surface area (TPSA) is 38.7 Å². The molecule has 0 aliphatic carbocycles. The molecule has 0 saturated carbocycles. The second-order valence-corrected chi connectivity index (χ2v) is 3.79. The summed E-state index contributed by atoms with van der Waals surface area (Å²) in [5, 5.41) is 9.73. The van der Waals surface area contributed by atoms with Crippen LogP contribution >= 0.6 is 0 Å². The molecular weight excluding hydrogens is 156 g/mol. The van der Waals surface area contributed by atoms with Gasteiger partial charge in [0.2, 0.25) is 0 Å². The first-order valence-corrected chi connectivity index (χ1v) is 4.73. The lowest BCUT2D eigenvalue weighted by atomic mass is 9.99. The van der Waals surface area contributed by atoms with E-state index in [4.69, 9.17) is 9.47 Å². The van der Waals surface area contributed by atoms with Gasteiger partial charge in [-0.2, -0.15) is 0 Å². The molecule has 1 N–H and O–H groups in total. The van der Waals surface area contributed by atoms with Gasteiger partial charge in [0.25, 0.3) is 0 Å². The minimum Gasteiger partial charge on any atom is -0.388 e. The Balaban J connectivity index is 2.07. The molecule has 12 heavy (non-hydrogen) atoms. The second-order valence-electron chi connectivity index (χ2n) is 3.79. The van der Waals surface area contributed by atoms with Gasteiger partial charge in [0.1, 0.15) is 6.10 Å². The van der Waals surface area contributed by atoms with Crippen LogP contribution in [0.4, 0.5) is 0 Å². The monoisotopic (exact) mass is 172 g/mol. The van der Waals surface area contributed by atoms with Gasteiger partial charge in [0.05, 0.1) is 12.7 Å². The Morgan fingerprint density at radius 1 is 1.42 bits per heavy atom. The maximum atomic E-state index is 9.73. The quantitative estimate of drug-likeness (QED) is 0.593. The number of rotatable bonds is 0. The highest BCUT2D eigenvalue weighted by atomic mass is 16.7. The lowest BCUT2D eigenvalue weighted by molar-refractivity contribution is -0.288. The third-order valence-electron chi connectivity index (χ3n) is 2.78. The molecule has 2 fully saturated rings. The molecule has 0 radical (unpaired) electrons. The summed E-state index contributed by atoms with van der Waals surface area (Å²) in [4.78, 5) is 0. The molecule has 3 atom stereocenters. The van der Waals surface area contributed by atoms with E-state index >= 15 is 0 Å². The molecule has 2 aliphatic rings. The van der Waals surface area contributed by atoms with Gasteiger partial charge < -0.3 is 14.6 Å². The zero-order valence-corrected chi connectivity index (χ0v) is 7.45. The molecular formula is C9H16O3. The summed E-state index contributed by atoms with van der Waals surface area (Å²) in [6, 6.07) is 0. The lowest BCUT2D eigenvalue weighted by Crippen LogP contribution is -2.48. The van der Waals surface area contributed by atoms with Crippen LogP contribution in [-0.2, 0) is 9.47 Å². The standard InChI is InChI=1S/C9H16O3/c1-7-4-5-9(12-7)8(10)3-2-6-11-9/h7-8,10H,2-6H2,1H3/t7?,8-,9+/m1/s1. The van der Waals surface area contributed by atoms with Gasteiger partial charge >= 0.3 is 0 Å². The largest absolute Gasteiger partial charge is 0.388 e. The minimum atomic E-state index is -0.641. The van der Waals surface area contributed by atoms with Crippen molar-refractivity contribution in [2.45, 2.75) is 50.6 Å². The maximum Gasteiger partial charge on any atom is 0.194 e. The van der Waals surface area contributed by atoms with Crippen LogP contribution in [0.2, 0.25) is 0 Å². The zero-order valence-electron chi connectivity index (χ0n) is 7.45. The number of hydrogen-bond acceptors (Lipinski definition) is 3. The van der Waals surface area contributed by atoms with Gasteiger partial charge in [0.15, 0.2) is 5.79 Å². The number of ether oxygens (including phenoxy) is 2. The molecule has 0 aromatic heterocycles. The van der Waals surface area contributed by atoms with E-state index in [0.29, 0.717) is 0 Å². The van der Waals surface area contributed by atoms with Gasteiger partial charge in [0, 0.05) is 6.42 Å². The van der Waals surface area contributed by atoms with Gasteiger partial charge in [-0.3, -0.25) is 0 Å². The van der Waals surface area contributed by atoms with Gasteiger partial charge in [-0.05, 0) is 26.2 Å². The summed E-state index contributed by atoms with van der Waals surface area (Å²) in [5.41, 5.74) is 0. The van der Waals surface area contributed by atoms with Crippen molar-refractivity contribution in [2.75, 3.05) is 6.61 Å². The normalized spacial score (nSPS) is 48.5. The first kappa shape index (κ1) is 8.48. The van der Waals surface area contributed by atoms with Crippen molar-refractivity contribution in [3.05, 3.63) is 0 Å². The smallest absolute Gasteiger partial charge is 0.194 e. The van der Waals surface area contributed by atoms with Crippen LogP contribution in [0, 0.1) is 0 Å². The van der Waals surface area contributed by atoms with Crippen LogP contribution < -0.4 is 0 Å². The first-order chi connectivity index (χ1) is 5.73. The second kappa shape index (κ2) is 2.98. The first-order valence-electron chi connectivity index (χ1n) is 4.73. The number of hydrogen-bond donors (Lipinski definition) is 1. The van der Waals surface area contributed by atoms with Crippen LogP contribution in [0.5, 0.6) is 0 Å². The Morgan fingerprint density at radius 2 is 2.25 bits per heavy atom. The van der Waals surface area contributed by atoms with Crippen molar-refractivity contribution in [2.24, 2.45) is 0 Å². The average molecular weight is 172 g/mol. The molecule has 0 aromatic rings. The number of aliphatic hydroxyl groups excluding tert-OH is 1. The molecule has 1 spiro atoms. The van der Waals surface area contributed by atoms with E-state index in [0.717, 1.165) is 32.3 Å². The highest BCUT2D eigenvalue weighted by Gasteiger charge is 2.47.